The topological polar surface area (TPSA) is 51.2 Å². The van der Waals surface area contributed by atoms with Crippen LogP contribution in [0.5, 0.6) is 0 Å². The number of ether oxygens (including phenoxy) is 1. The average Bonchev–Trinajstić information content (AvgIpc) is 2.99. The predicted octanol–water partition coefficient (Wildman–Crippen LogP) is 3.46. The third-order valence-electron chi connectivity index (χ3n) is 3.29. The number of benzene rings is 1. The van der Waals surface area contributed by atoms with Gasteiger partial charge in [0.05, 0.1) is 19.2 Å². The number of anilines is 1. The van der Waals surface area contributed by atoms with Gasteiger partial charge in [-0.3, -0.25) is 4.79 Å². The van der Waals surface area contributed by atoms with Crippen molar-refractivity contribution in [2.45, 2.75) is 25.7 Å². The minimum Gasteiger partial charge on any atom is -0.469 e. The number of carbonyl (C=O) groups is 1. The van der Waals surface area contributed by atoms with Crippen LogP contribution in [0.15, 0.2) is 35.7 Å². The number of thiazole rings is 1. The van der Waals surface area contributed by atoms with Gasteiger partial charge in [0, 0.05) is 18.3 Å². The zero-order chi connectivity index (χ0) is 15.1. The van der Waals surface area contributed by atoms with Crippen LogP contribution >= 0.6 is 11.3 Å². The zero-order valence-electron chi connectivity index (χ0n) is 12.3. The summed E-state index contributed by atoms with van der Waals surface area (Å²) in [5, 5.41) is 6.24. The van der Waals surface area contributed by atoms with Gasteiger partial charge in [-0.1, -0.05) is 37.3 Å². The number of methoxy groups -OCH3 is 1. The molecular weight excluding hydrogens is 284 g/mol. The van der Waals surface area contributed by atoms with Crippen molar-refractivity contribution in [3.8, 4) is 0 Å². The van der Waals surface area contributed by atoms with Gasteiger partial charge in [0.25, 0.3) is 0 Å². The van der Waals surface area contributed by atoms with E-state index in [-0.39, 0.29) is 5.97 Å². The molecular formula is C16H20N2O2S. The number of hydrogen-bond donors (Lipinski definition) is 1. The van der Waals surface area contributed by atoms with E-state index in [1.807, 2.05) is 11.4 Å². The van der Waals surface area contributed by atoms with Gasteiger partial charge in [-0.2, -0.15) is 0 Å². The molecule has 2 aromatic rings. The highest BCUT2D eigenvalue weighted by molar-refractivity contribution is 7.13. The Hall–Kier alpha value is -1.88. The average molecular weight is 304 g/mol. The van der Waals surface area contributed by atoms with Crippen molar-refractivity contribution in [2.24, 2.45) is 0 Å². The number of hydrogen-bond acceptors (Lipinski definition) is 5. The fourth-order valence-corrected chi connectivity index (χ4v) is 2.73. The molecule has 1 heterocycles. The molecule has 0 spiro atoms. The molecule has 1 N–H and O–H groups in total. The molecule has 0 bridgehead atoms. The smallest absolute Gasteiger partial charge is 0.305 e. The lowest BCUT2D eigenvalue weighted by atomic mass is 10.0. The fraction of sp³-hybridized carbons (Fsp3) is 0.375. The summed E-state index contributed by atoms with van der Waals surface area (Å²) in [5.74, 6) is 0.226. The van der Waals surface area contributed by atoms with Crippen molar-refractivity contribution >= 4 is 22.4 Å². The first-order chi connectivity index (χ1) is 10.2. The molecule has 112 valence electrons. The lowest BCUT2D eigenvalue weighted by Gasteiger charge is -2.12. The quantitative estimate of drug-likeness (QED) is 0.796. The Bertz CT molecular complexity index is 569. The van der Waals surface area contributed by atoms with Crippen LogP contribution in [0.1, 0.15) is 30.5 Å². The Morgan fingerprint density at radius 2 is 2.14 bits per heavy atom. The number of aryl methyl sites for hydroxylation is 1. The maximum Gasteiger partial charge on any atom is 0.305 e. The third kappa shape index (κ3) is 4.86. The van der Waals surface area contributed by atoms with Gasteiger partial charge in [-0.25, -0.2) is 4.98 Å². The molecule has 0 saturated carbocycles. The summed E-state index contributed by atoms with van der Waals surface area (Å²) in [6, 6.07) is 10.4. The molecule has 4 nitrogen and oxygen atoms in total. The van der Waals surface area contributed by atoms with Gasteiger partial charge in [0.2, 0.25) is 0 Å². The van der Waals surface area contributed by atoms with Crippen molar-refractivity contribution in [3.05, 3.63) is 47.0 Å². The minimum absolute atomic E-state index is 0.199. The number of nitrogens with one attached hydrogen (secondary N) is 1. The molecule has 0 fully saturated rings. The summed E-state index contributed by atoms with van der Waals surface area (Å²) in [5.41, 5.74) is 2.24. The van der Waals surface area contributed by atoms with Crippen molar-refractivity contribution < 1.29 is 9.53 Å². The summed E-state index contributed by atoms with van der Waals surface area (Å²) in [6.45, 7) is 3.03. The predicted molar refractivity (Wildman–Crippen MR) is 85.8 cm³/mol. The van der Waals surface area contributed by atoms with E-state index in [1.54, 1.807) is 11.3 Å². The Labute approximate surface area is 129 Å². The molecule has 0 aliphatic heterocycles. The van der Waals surface area contributed by atoms with Gasteiger partial charge in [0.15, 0.2) is 5.13 Å². The molecule has 1 unspecified atom stereocenters. The molecule has 0 amide bonds. The largest absolute Gasteiger partial charge is 0.469 e. The van der Waals surface area contributed by atoms with E-state index in [0.717, 1.165) is 17.4 Å². The number of carbonyl (C=O) groups excluding carboxylic acids is 1. The van der Waals surface area contributed by atoms with Crippen LogP contribution < -0.4 is 5.32 Å². The van der Waals surface area contributed by atoms with Crippen molar-refractivity contribution in [1.29, 1.82) is 0 Å². The standard InChI is InChI=1S/C16H20N2O2S/c1-12(13-6-4-3-5-7-13)10-17-16-18-14(11-21-16)8-9-15(19)20-2/h3-7,11-12H,8-10H2,1-2H3,(H,17,18). The van der Waals surface area contributed by atoms with E-state index < -0.39 is 0 Å². The molecule has 1 aromatic carbocycles. The Morgan fingerprint density at radius 1 is 1.38 bits per heavy atom. The summed E-state index contributed by atoms with van der Waals surface area (Å²) < 4.78 is 4.63. The van der Waals surface area contributed by atoms with Crippen LogP contribution in [0.25, 0.3) is 0 Å². The Balaban J connectivity index is 1.81. The second-order valence-corrected chi connectivity index (χ2v) is 5.77. The zero-order valence-corrected chi connectivity index (χ0v) is 13.2. The summed E-state index contributed by atoms with van der Waals surface area (Å²) >= 11 is 1.57. The van der Waals surface area contributed by atoms with Crippen LogP contribution in [0.4, 0.5) is 5.13 Å². The normalized spacial score (nSPS) is 11.9. The van der Waals surface area contributed by atoms with Crippen LogP contribution in [-0.2, 0) is 16.0 Å². The van der Waals surface area contributed by atoms with Crippen LogP contribution in [0.2, 0.25) is 0 Å². The first-order valence-electron chi connectivity index (χ1n) is 6.99. The lowest BCUT2D eigenvalue weighted by Crippen LogP contribution is -2.09. The summed E-state index contributed by atoms with van der Waals surface area (Å²) in [4.78, 5) is 15.6. The fourth-order valence-electron chi connectivity index (χ4n) is 1.98. The second kappa shape index (κ2) is 7.78. The molecule has 0 saturated heterocycles. The molecule has 21 heavy (non-hydrogen) atoms. The Morgan fingerprint density at radius 3 is 2.86 bits per heavy atom. The molecule has 5 heteroatoms. The van der Waals surface area contributed by atoms with E-state index in [4.69, 9.17) is 0 Å². The highest BCUT2D eigenvalue weighted by atomic mass is 32.1. The molecule has 2 rings (SSSR count). The minimum atomic E-state index is -0.199. The summed E-state index contributed by atoms with van der Waals surface area (Å²) in [6.07, 6.45) is 0.999. The van der Waals surface area contributed by atoms with Crippen molar-refractivity contribution in [2.75, 3.05) is 19.0 Å². The summed E-state index contributed by atoms with van der Waals surface area (Å²) in [7, 11) is 1.40. The maximum atomic E-state index is 11.1. The number of rotatable bonds is 7. The van der Waals surface area contributed by atoms with Gasteiger partial charge in [0.1, 0.15) is 0 Å². The van der Waals surface area contributed by atoms with Gasteiger partial charge < -0.3 is 10.1 Å². The number of aromatic nitrogens is 1. The van der Waals surface area contributed by atoms with E-state index in [1.165, 1.54) is 12.7 Å². The maximum absolute atomic E-state index is 11.1. The highest BCUT2D eigenvalue weighted by Crippen LogP contribution is 2.20. The molecule has 0 aliphatic carbocycles. The van der Waals surface area contributed by atoms with Crippen LogP contribution in [0.3, 0.4) is 0 Å². The number of nitrogens with zero attached hydrogens (tertiary/aromatic N) is 1. The van der Waals surface area contributed by atoms with Crippen LogP contribution in [0, 0.1) is 0 Å². The van der Waals surface area contributed by atoms with Gasteiger partial charge in [-0.05, 0) is 11.5 Å². The van der Waals surface area contributed by atoms with E-state index >= 15 is 0 Å². The van der Waals surface area contributed by atoms with Crippen molar-refractivity contribution in [1.82, 2.24) is 4.98 Å². The highest BCUT2D eigenvalue weighted by Gasteiger charge is 2.08. The SMILES string of the molecule is COC(=O)CCc1csc(NCC(C)c2ccccc2)n1. The lowest BCUT2D eigenvalue weighted by molar-refractivity contribution is -0.140. The first kappa shape index (κ1) is 15.5. The molecule has 1 atom stereocenters. The molecule has 0 radical (unpaired) electrons. The number of esters is 1. The second-order valence-electron chi connectivity index (χ2n) is 4.91. The van der Waals surface area contributed by atoms with E-state index in [9.17, 15) is 4.79 Å². The van der Waals surface area contributed by atoms with Crippen LogP contribution in [-0.4, -0.2) is 24.6 Å². The van der Waals surface area contributed by atoms with Crippen molar-refractivity contribution in [3.63, 3.8) is 0 Å². The van der Waals surface area contributed by atoms with Gasteiger partial charge >= 0.3 is 5.97 Å². The van der Waals surface area contributed by atoms with Gasteiger partial charge in [-0.15, -0.1) is 11.3 Å². The van der Waals surface area contributed by atoms with E-state index in [0.29, 0.717) is 18.8 Å². The third-order valence-corrected chi connectivity index (χ3v) is 4.14. The Kier molecular flexibility index (Phi) is 5.75. The molecule has 0 aliphatic rings. The van der Waals surface area contributed by atoms with E-state index in [2.05, 4.69) is 46.2 Å². The first-order valence-corrected chi connectivity index (χ1v) is 7.87. The monoisotopic (exact) mass is 304 g/mol. The molecule has 1 aromatic heterocycles.